The minimum atomic E-state index is -0.798. The molecule has 19 heavy (non-hydrogen) atoms. The van der Waals surface area contributed by atoms with E-state index < -0.39 is 11.5 Å². The number of carboxylic acid groups (broad SMARTS) is 1. The van der Waals surface area contributed by atoms with E-state index in [0.717, 1.165) is 36.0 Å². The first-order valence-corrected chi connectivity index (χ1v) is 7.53. The van der Waals surface area contributed by atoms with Crippen LogP contribution in [-0.4, -0.2) is 29.1 Å². The van der Waals surface area contributed by atoms with Crippen molar-refractivity contribution in [1.82, 2.24) is 4.90 Å². The van der Waals surface area contributed by atoms with Crippen molar-refractivity contribution in [2.75, 3.05) is 13.1 Å². The maximum Gasteiger partial charge on any atom is 0.305 e. The first-order chi connectivity index (χ1) is 8.93. The number of carboxylic acids is 1. The van der Waals surface area contributed by atoms with Crippen molar-refractivity contribution >= 4 is 33.5 Å². The van der Waals surface area contributed by atoms with Gasteiger partial charge in [-0.3, -0.25) is 9.69 Å². The Bertz CT molecular complexity index is 488. The average Bonchev–Trinajstić information content (AvgIpc) is 2.81. The van der Waals surface area contributed by atoms with Gasteiger partial charge in [0.25, 0.3) is 0 Å². The van der Waals surface area contributed by atoms with E-state index in [0.29, 0.717) is 5.02 Å². The Morgan fingerprint density at radius 3 is 2.63 bits per heavy atom. The summed E-state index contributed by atoms with van der Waals surface area (Å²) < 4.78 is 0.903. The van der Waals surface area contributed by atoms with E-state index >= 15 is 0 Å². The number of carbonyl (C=O) groups is 1. The number of halogens is 2. The molecule has 104 valence electrons. The van der Waals surface area contributed by atoms with E-state index in [1.54, 1.807) is 0 Å². The maximum atomic E-state index is 11.2. The number of rotatable bonds is 4. The zero-order chi connectivity index (χ0) is 14.0. The summed E-state index contributed by atoms with van der Waals surface area (Å²) in [6.45, 7) is 3.83. The second-order valence-electron chi connectivity index (χ2n) is 5.16. The van der Waals surface area contributed by atoms with Gasteiger partial charge in [-0.1, -0.05) is 33.6 Å². The summed E-state index contributed by atoms with van der Waals surface area (Å²) in [4.78, 5) is 13.5. The normalized spacial score (nSPS) is 19.3. The van der Waals surface area contributed by atoms with Crippen molar-refractivity contribution in [3.63, 3.8) is 0 Å². The third kappa shape index (κ3) is 3.12. The van der Waals surface area contributed by atoms with Crippen LogP contribution in [0.1, 0.15) is 31.7 Å². The highest BCUT2D eigenvalue weighted by Gasteiger charge is 2.38. The van der Waals surface area contributed by atoms with Crippen LogP contribution in [0, 0.1) is 0 Å². The summed E-state index contributed by atoms with van der Waals surface area (Å²) in [6, 6.07) is 5.66. The summed E-state index contributed by atoms with van der Waals surface area (Å²) in [5.74, 6) is -0.798. The van der Waals surface area contributed by atoms with Gasteiger partial charge < -0.3 is 5.11 Å². The Morgan fingerprint density at radius 2 is 2.11 bits per heavy atom. The first kappa shape index (κ1) is 14.8. The molecule has 5 heteroatoms. The lowest BCUT2D eigenvalue weighted by Gasteiger charge is -2.39. The Hall–Kier alpha value is -0.580. The van der Waals surface area contributed by atoms with Gasteiger partial charge in [0.1, 0.15) is 0 Å². The minimum absolute atomic E-state index is 0.0638. The molecular formula is C14H17BrClNO2. The summed E-state index contributed by atoms with van der Waals surface area (Å²) >= 11 is 9.71. The molecule has 1 fully saturated rings. The van der Waals surface area contributed by atoms with Crippen LogP contribution >= 0.6 is 27.5 Å². The van der Waals surface area contributed by atoms with Gasteiger partial charge in [-0.2, -0.15) is 0 Å². The standard InChI is InChI=1S/C14H17BrClNO2/c1-14(9-13(18)19,17-6-2-3-7-17)11-5-4-10(15)8-12(11)16/h4-5,8H,2-3,6-7,9H2,1H3,(H,18,19). The summed E-state index contributed by atoms with van der Waals surface area (Å²) in [5.41, 5.74) is 0.349. The monoisotopic (exact) mass is 345 g/mol. The van der Waals surface area contributed by atoms with E-state index in [4.69, 9.17) is 11.6 Å². The van der Waals surface area contributed by atoms with Crippen LogP contribution in [0.2, 0.25) is 5.02 Å². The molecule has 1 aliphatic rings. The van der Waals surface area contributed by atoms with Gasteiger partial charge >= 0.3 is 5.97 Å². The topological polar surface area (TPSA) is 40.5 Å². The predicted octanol–water partition coefficient (Wildman–Crippen LogP) is 3.89. The quantitative estimate of drug-likeness (QED) is 0.899. The van der Waals surface area contributed by atoms with Crippen LogP contribution < -0.4 is 0 Å². The van der Waals surface area contributed by atoms with Crippen molar-refractivity contribution in [3.05, 3.63) is 33.3 Å². The molecular weight excluding hydrogens is 330 g/mol. The molecule has 1 aromatic carbocycles. The predicted molar refractivity (Wildman–Crippen MR) is 79.6 cm³/mol. The minimum Gasteiger partial charge on any atom is -0.481 e. The Labute approximate surface area is 126 Å². The van der Waals surface area contributed by atoms with Gasteiger partial charge in [-0.15, -0.1) is 0 Å². The number of benzene rings is 1. The van der Waals surface area contributed by atoms with Crippen LogP contribution in [0.25, 0.3) is 0 Å². The highest BCUT2D eigenvalue weighted by Crippen LogP contribution is 2.39. The van der Waals surface area contributed by atoms with Crippen LogP contribution in [0.5, 0.6) is 0 Å². The van der Waals surface area contributed by atoms with Crippen LogP contribution in [0.15, 0.2) is 22.7 Å². The van der Waals surface area contributed by atoms with Crippen LogP contribution in [-0.2, 0) is 10.3 Å². The number of aliphatic carboxylic acids is 1. The molecule has 1 heterocycles. The van der Waals surface area contributed by atoms with Crippen molar-refractivity contribution in [1.29, 1.82) is 0 Å². The molecule has 1 N–H and O–H groups in total. The number of hydrogen-bond donors (Lipinski definition) is 1. The van der Waals surface area contributed by atoms with Crippen LogP contribution in [0.4, 0.5) is 0 Å². The number of hydrogen-bond acceptors (Lipinski definition) is 2. The summed E-state index contributed by atoms with van der Waals surface area (Å²) in [6.07, 6.45) is 2.29. The molecule has 0 spiro atoms. The molecule has 0 radical (unpaired) electrons. The largest absolute Gasteiger partial charge is 0.481 e. The Balaban J connectivity index is 2.43. The van der Waals surface area contributed by atoms with Crippen molar-refractivity contribution < 1.29 is 9.90 Å². The maximum absolute atomic E-state index is 11.2. The summed E-state index contributed by atoms with van der Waals surface area (Å²) in [5, 5.41) is 9.85. The molecule has 0 saturated carbocycles. The lowest BCUT2D eigenvalue weighted by atomic mass is 9.87. The zero-order valence-electron chi connectivity index (χ0n) is 10.8. The van der Waals surface area contributed by atoms with E-state index in [2.05, 4.69) is 20.8 Å². The highest BCUT2D eigenvalue weighted by atomic mass is 79.9. The van der Waals surface area contributed by atoms with Crippen LogP contribution in [0.3, 0.4) is 0 Å². The molecule has 0 bridgehead atoms. The van der Waals surface area contributed by atoms with Gasteiger partial charge in [-0.05, 0) is 50.6 Å². The highest BCUT2D eigenvalue weighted by molar-refractivity contribution is 9.10. The molecule has 1 unspecified atom stereocenters. The fourth-order valence-corrected chi connectivity index (χ4v) is 3.69. The molecule has 1 aromatic rings. The van der Waals surface area contributed by atoms with Gasteiger partial charge in [-0.25, -0.2) is 0 Å². The molecule has 1 atom stereocenters. The molecule has 0 aromatic heterocycles. The van der Waals surface area contributed by atoms with Crippen molar-refractivity contribution in [3.8, 4) is 0 Å². The number of nitrogens with zero attached hydrogens (tertiary/aromatic N) is 1. The fraction of sp³-hybridized carbons (Fsp3) is 0.500. The smallest absolute Gasteiger partial charge is 0.305 e. The number of likely N-dealkylation sites (tertiary alicyclic amines) is 1. The third-order valence-corrected chi connectivity index (χ3v) is 4.62. The lowest BCUT2D eigenvalue weighted by molar-refractivity contribution is -0.140. The van der Waals surface area contributed by atoms with Crippen molar-refractivity contribution in [2.45, 2.75) is 31.7 Å². The first-order valence-electron chi connectivity index (χ1n) is 6.36. The van der Waals surface area contributed by atoms with Crippen molar-refractivity contribution in [2.24, 2.45) is 0 Å². The Kier molecular flexibility index (Phi) is 4.54. The summed E-state index contributed by atoms with van der Waals surface area (Å²) in [7, 11) is 0. The third-order valence-electron chi connectivity index (χ3n) is 3.81. The van der Waals surface area contributed by atoms with Gasteiger partial charge in [0, 0.05) is 9.50 Å². The van der Waals surface area contributed by atoms with E-state index in [9.17, 15) is 9.90 Å². The fourth-order valence-electron chi connectivity index (χ4n) is 2.81. The van der Waals surface area contributed by atoms with E-state index in [-0.39, 0.29) is 6.42 Å². The molecule has 3 nitrogen and oxygen atoms in total. The second-order valence-corrected chi connectivity index (χ2v) is 6.49. The SMILES string of the molecule is CC(CC(=O)O)(c1ccc(Br)cc1Cl)N1CCCC1. The van der Waals surface area contributed by atoms with E-state index in [1.165, 1.54) is 0 Å². The average molecular weight is 347 g/mol. The molecule has 2 rings (SSSR count). The van der Waals surface area contributed by atoms with Gasteiger partial charge in [0.05, 0.1) is 12.0 Å². The second kappa shape index (κ2) is 5.81. The van der Waals surface area contributed by atoms with Gasteiger partial charge in [0.15, 0.2) is 0 Å². The molecule has 1 aliphatic heterocycles. The zero-order valence-corrected chi connectivity index (χ0v) is 13.2. The van der Waals surface area contributed by atoms with E-state index in [1.807, 2.05) is 25.1 Å². The lowest BCUT2D eigenvalue weighted by Crippen LogP contribution is -2.44. The molecule has 1 saturated heterocycles. The van der Waals surface area contributed by atoms with Gasteiger partial charge in [0.2, 0.25) is 0 Å². The Morgan fingerprint density at radius 1 is 1.47 bits per heavy atom. The molecule has 0 amide bonds. The molecule has 0 aliphatic carbocycles.